The van der Waals surface area contributed by atoms with Crippen molar-refractivity contribution in [2.45, 2.75) is 355 Å². The van der Waals surface area contributed by atoms with Gasteiger partial charge in [-0.05, 0) is 81.1 Å². The minimum atomic E-state index is -1.79. The lowest BCUT2D eigenvalue weighted by Crippen LogP contribution is -2.59. The minimum Gasteiger partial charge on any atom is -0.481 e. The number of carboxylic acid groups (broad SMARTS) is 4. The molecule has 0 spiro atoms. The summed E-state index contributed by atoms with van der Waals surface area (Å²) in [6.07, 6.45) is -27.3. The van der Waals surface area contributed by atoms with Crippen molar-refractivity contribution in [2.75, 3.05) is 26.4 Å². The lowest BCUT2D eigenvalue weighted by molar-refractivity contribution is -0.310. The molecule has 40 nitrogen and oxygen atoms in total. The molecule has 20 unspecified atom stereocenters. The molecule has 4 aliphatic heterocycles. The summed E-state index contributed by atoms with van der Waals surface area (Å²) in [6, 6.07) is 0. The number of aliphatic carboxylic acids is 4. The Bertz CT molecular complexity index is 2330. The first-order valence-corrected chi connectivity index (χ1v) is 35.7. The van der Waals surface area contributed by atoms with Crippen LogP contribution in [0.3, 0.4) is 0 Å². The Morgan fingerprint density at radius 2 is 0.444 bits per heavy atom. The molecule has 4 heterocycles. The zero-order valence-corrected chi connectivity index (χ0v) is 63.1. The molecule has 0 aromatic heterocycles. The molecule has 632 valence electrons. The summed E-state index contributed by atoms with van der Waals surface area (Å²) >= 11 is 0. The molecule has 0 aromatic rings. The highest BCUT2D eigenvalue weighted by atomic mass is 16.7. The van der Waals surface area contributed by atoms with Gasteiger partial charge in [-0.1, -0.05) is 53.4 Å². The molecule has 4 saturated heterocycles. The number of carbonyl (C=O) groups is 8. The Balaban J connectivity index is 0.000000720. The molecular weight excluding hydrogens is 1460 g/mol. The molecule has 0 bridgehead atoms. The van der Waals surface area contributed by atoms with Crippen molar-refractivity contribution in [3.05, 3.63) is 0 Å². The first-order valence-electron chi connectivity index (χ1n) is 35.7. The van der Waals surface area contributed by atoms with Gasteiger partial charge >= 0.3 is 47.8 Å². The Hall–Kier alpha value is -5.20. The van der Waals surface area contributed by atoms with Crippen LogP contribution in [0.25, 0.3) is 0 Å². The Morgan fingerprint density at radius 1 is 0.287 bits per heavy atom. The molecule has 0 aliphatic carbocycles. The van der Waals surface area contributed by atoms with Gasteiger partial charge in [-0.25, -0.2) is 0 Å². The number of aliphatic hydroxyl groups excluding tert-OH is 12. The molecule has 4 aliphatic rings. The largest absolute Gasteiger partial charge is 0.481 e. The van der Waals surface area contributed by atoms with Gasteiger partial charge in [0.05, 0.1) is 98.2 Å². The van der Waals surface area contributed by atoms with Crippen LogP contribution in [-0.2, 0) is 95.2 Å². The first kappa shape index (κ1) is 101. The molecule has 4 rings (SSSR count). The third kappa shape index (κ3) is 37.9. The standard InChI is InChI=1S/4C17H30O10/c4*1-4-5-9(2)26-16-15(23)14(22)13(21)10(27-16)8-25-12(20)7-17(3,24)6-11(18)19/h4*9-10,13-16,21-24H,4-8H2,1-3H3,(H,18,19)/t2*9-,10?,13?,14?,15?,16?,17+;2*9-,10?,13?,14?,15?,16?,17-/m1010/s1. The fraction of sp³-hybridized carbons (Fsp3) is 0.882. The van der Waals surface area contributed by atoms with Crippen molar-refractivity contribution >= 4 is 47.8 Å². The zero-order valence-electron chi connectivity index (χ0n) is 63.1. The highest BCUT2D eigenvalue weighted by molar-refractivity contribution is 5.76. The molecule has 20 N–H and O–H groups in total. The van der Waals surface area contributed by atoms with Crippen LogP contribution in [0.2, 0.25) is 0 Å². The highest BCUT2D eigenvalue weighted by Gasteiger charge is 2.50. The van der Waals surface area contributed by atoms with Crippen LogP contribution in [0.1, 0.15) is 186 Å². The zero-order chi connectivity index (χ0) is 83.1. The van der Waals surface area contributed by atoms with Gasteiger partial charge in [0, 0.05) is 0 Å². The average molecular weight is 1580 g/mol. The Kier molecular flexibility index (Phi) is 44.8. The number of hydrogen-bond acceptors (Lipinski definition) is 36. The van der Waals surface area contributed by atoms with Gasteiger partial charge in [-0.3, -0.25) is 38.4 Å². The Morgan fingerprint density at radius 3 is 0.583 bits per heavy atom. The molecule has 0 aromatic carbocycles. The van der Waals surface area contributed by atoms with Gasteiger partial charge < -0.3 is 159 Å². The molecule has 0 saturated carbocycles. The van der Waals surface area contributed by atoms with Gasteiger partial charge in [-0.2, -0.15) is 0 Å². The predicted molar refractivity (Wildman–Crippen MR) is 362 cm³/mol. The fourth-order valence-corrected chi connectivity index (χ4v) is 11.2. The summed E-state index contributed by atoms with van der Waals surface area (Å²) < 4.78 is 63.6. The normalized spacial score (nSPS) is 31.7. The molecule has 0 radical (unpaired) electrons. The molecule has 4 fully saturated rings. The first-order chi connectivity index (χ1) is 49.9. The van der Waals surface area contributed by atoms with E-state index in [1.165, 1.54) is 27.7 Å². The summed E-state index contributed by atoms with van der Waals surface area (Å²) in [7, 11) is 0. The van der Waals surface area contributed by atoms with Crippen LogP contribution < -0.4 is 0 Å². The molecule has 108 heavy (non-hydrogen) atoms. The maximum atomic E-state index is 11.8. The number of carbonyl (C=O) groups excluding carboxylic acids is 4. The molecule has 0 amide bonds. The second kappa shape index (κ2) is 48.0. The number of hydrogen-bond donors (Lipinski definition) is 20. The van der Waals surface area contributed by atoms with E-state index in [9.17, 15) is 120 Å². The van der Waals surface area contributed by atoms with E-state index in [2.05, 4.69) is 0 Å². The van der Waals surface area contributed by atoms with Crippen molar-refractivity contribution in [2.24, 2.45) is 0 Å². The number of esters is 4. The maximum absolute atomic E-state index is 11.8. The summed E-state index contributed by atoms with van der Waals surface area (Å²) in [4.78, 5) is 89.9. The molecule has 40 heteroatoms. The smallest absolute Gasteiger partial charge is 0.308 e. The monoisotopic (exact) mass is 1580 g/mol. The summed E-state index contributed by atoms with van der Waals surface area (Å²) in [6.45, 7) is 17.8. The van der Waals surface area contributed by atoms with Crippen LogP contribution in [-0.4, -0.2) is 346 Å². The van der Waals surface area contributed by atoms with Gasteiger partial charge in [0.25, 0.3) is 0 Å². The van der Waals surface area contributed by atoms with Crippen LogP contribution in [0, 0.1) is 0 Å². The van der Waals surface area contributed by atoms with Crippen molar-refractivity contribution in [3.63, 3.8) is 0 Å². The van der Waals surface area contributed by atoms with Crippen molar-refractivity contribution in [1.82, 2.24) is 0 Å². The van der Waals surface area contributed by atoms with E-state index in [0.29, 0.717) is 25.7 Å². The van der Waals surface area contributed by atoms with Gasteiger partial charge in [0.15, 0.2) is 25.2 Å². The highest BCUT2D eigenvalue weighted by Crippen LogP contribution is 2.30. The van der Waals surface area contributed by atoms with Crippen LogP contribution in [0.15, 0.2) is 0 Å². The van der Waals surface area contributed by atoms with Crippen LogP contribution in [0.5, 0.6) is 0 Å². The third-order valence-corrected chi connectivity index (χ3v) is 16.8. The van der Waals surface area contributed by atoms with E-state index in [4.69, 9.17) is 77.3 Å². The number of rotatable bonds is 40. The van der Waals surface area contributed by atoms with E-state index >= 15 is 0 Å². The third-order valence-electron chi connectivity index (χ3n) is 16.8. The topological polar surface area (TPSA) is 652 Å². The van der Waals surface area contributed by atoms with Gasteiger partial charge in [0.1, 0.15) is 124 Å². The van der Waals surface area contributed by atoms with Gasteiger partial charge in [0.2, 0.25) is 0 Å². The SMILES string of the molecule is CCC[C@@H](C)OC1OC(COC(=O)C[C@@](C)(O)CC(=O)O)C(O)C(O)C1O.CCC[C@@H](C)OC1OC(COC(=O)C[C@](C)(O)CC(=O)O)C(O)C(O)C1O.CCC[C@H](C)OC1OC(COC(=O)C[C@@](C)(O)CC(=O)O)C(O)C(O)C1O.CCC[C@H](C)OC1OC(COC(=O)C[C@](C)(O)CC(=O)O)C(O)C(O)C1O. The molecule has 28 atom stereocenters. The number of ether oxygens (including phenoxy) is 12. The average Bonchev–Trinajstić information content (AvgIpc) is 0.829. The summed E-state index contributed by atoms with van der Waals surface area (Å²) in [5.41, 5.74) is -7.14. The van der Waals surface area contributed by atoms with Crippen molar-refractivity contribution < 1.29 is 197 Å². The number of carboxylic acids is 4. The Labute approximate surface area is 625 Å². The van der Waals surface area contributed by atoms with Crippen molar-refractivity contribution in [3.8, 4) is 0 Å². The van der Waals surface area contributed by atoms with Gasteiger partial charge in [-0.15, -0.1) is 0 Å². The lowest BCUT2D eigenvalue weighted by Gasteiger charge is -2.40. The quantitative estimate of drug-likeness (QED) is 0.0210. The van der Waals surface area contributed by atoms with E-state index in [-0.39, 0.29) is 24.4 Å². The fourth-order valence-electron chi connectivity index (χ4n) is 11.2. The summed E-state index contributed by atoms with van der Waals surface area (Å²) in [5, 5.41) is 194. The second-order valence-electron chi connectivity index (χ2n) is 28.7. The second-order valence-corrected chi connectivity index (χ2v) is 28.7. The van der Waals surface area contributed by atoms with E-state index in [1.54, 1.807) is 27.7 Å². The van der Waals surface area contributed by atoms with Crippen molar-refractivity contribution in [1.29, 1.82) is 0 Å². The van der Waals surface area contributed by atoms with Crippen LogP contribution in [0.4, 0.5) is 0 Å². The maximum Gasteiger partial charge on any atom is 0.308 e. The van der Waals surface area contributed by atoms with Crippen LogP contribution >= 0.6 is 0 Å². The summed E-state index contributed by atoms with van der Waals surface area (Å²) in [5.74, 6) is -8.64. The molecular formula is C68H120O40. The van der Waals surface area contributed by atoms with E-state index < -0.39 is 271 Å². The predicted octanol–water partition coefficient (Wildman–Crippen LogP) is -3.37. The van der Waals surface area contributed by atoms with E-state index in [0.717, 1.165) is 25.7 Å². The minimum absolute atomic E-state index is 0.258. The lowest BCUT2D eigenvalue weighted by atomic mass is 9.98. The number of aliphatic hydroxyl groups is 16. The van der Waals surface area contributed by atoms with E-state index in [1.807, 2.05) is 27.7 Å².